The maximum absolute atomic E-state index is 12.3. The molecule has 0 unspecified atom stereocenters. The zero-order chi connectivity index (χ0) is 14.9. The van der Waals surface area contributed by atoms with Gasteiger partial charge in [0.1, 0.15) is 10.0 Å². The summed E-state index contributed by atoms with van der Waals surface area (Å²) >= 11 is 12.3. The van der Waals surface area contributed by atoms with Crippen LogP contribution in [0.1, 0.15) is 0 Å². The fraction of sp³-hybridized carbons (Fsp3) is 0. The van der Waals surface area contributed by atoms with Gasteiger partial charge in [0.15, 0.2) is 5.82 Å². The Balaban J connectivity index is 2.57. The van der Waals surface area contributed by atoms with Crippen molar-refractivity contribution in [1.82, 2.24) is 9.97 Å². The molecule has 20 heavy (non-hydrogen) atoms. The molecule has 2 rings (SSSR count). The molecule has 7 nitrogen and oxygen atoms in total. The molecule has 11 heteroatoms. The predicted octanol–water partition coefficient (Wildman–Crippen LogP) is 2.72. The van der Waals surface area contributed by atoms with E-state index in [1.165, 1.54) is 10.9 Å². The number of hydrogen-bond acceptors (Lipinski definition) is 6. The zero-order valence-electron chi connectivity index (χ0n) is 9.40. The van der Waals surface area contributed by atoms with E-state index in [0.29, 0.717) is 0 Å². The topological polar surface area (TPSA) is 100 Å². The first-order valence-corrected chi connectivity index (χ1v) is 7.95. The van der Waals surface area contributed by atoms with Gasteiger partial charge in [0.2, 0.25) is 0 Å². The van der Waals surface area contributed by atoms with Crippen molar-refractivity contribution in [3.8, 4) is 0 Å². The Morgan fingerprint density at radius 3 is 2.55 bits per heavy atom. The van der Waals surface area contributed by atoms with E-state index < -0.39 is 21.0 Å². The smallest absolute Gasteiger partial charge is 0.427 e. The molecule has 0 fully saturated rings. The summed E-state index contributed by atoms with van der Waals surface area (Å²) in [5.41, 5.74) is 1.31. The maximum Gasteiger partial charge on any atom is 0.427 e. The first-order valence-electron chi connectivity index (χ1n) is 4.81. The molecular formula is C9H5Cl2N3O4S2. The summed E-state index contributed by atoms with van der Waals surface area (Å²) in [7, 11) is -4.39. The summed E-state index contributed by atoms with van der Waals surface area (Å²) in [6, 6.07) is 1.02. The molecule has 106 valence electrons. The number of nitrogens with zero attached hydrogens (tertiary/aromatic N) is 3. The van der Waals surface area contributed by atoms with Crippen LogP contribution in [0.4, 0.5) is 10.6 Å². The van der Waals surface area contributed by atoms with Gasteiger partial charge < -0.3 is 5.11 Å². The van der Waals surface area contributed by atoms with Crippen LogP contribution in [0.5, 0.6) is 0 Å². The highest BCUT2D eigenvalue weighted by Crippen LogP contribution is 2.27. The molecule has 2 heterocycles. The van der Waals surface area contributed by atoms with Crippen molar-refractivity contribution in [2.75, 3.05) is 4.31 Å². The molecular weight excluding hydrogens is 349 g/mol. The summed E-state index contributed by atoms with van der Waals surface area (Å²) in [6.07, 6.45) is -0.770. The lowest BCUT2D eigenvalue weighted by Gasteiger charge is -2.16. The molecule has 1 N–H and O–H groups in total. The van der Waals surface area contributed by atoms with Crippen molar-refractivity contribution in [2.45, 2.75) is 4.90 Å². The van der Waals surface area contributed by atoms with E-state index in [-0.39, 0.29) is 20.3 Å². The highest BCUT2D eigenvalue weighted by Gasteiger charge is 2.33. The molecule has 2 aromatic rings. The standard InChI is InChI=1S/C9H5Cl2N3O4S2/c10-6-1-5(2-12-8(6)11)20(17,18)14(9(15)16)7-3-19-4-13-7/h1-4H,(H,15,16). The third kappa shape index (κ3) is 2.70. The minimum absolute atomic E-state index is 0.0823. The molecule has 0 spiro atoms. The SMILES string of the molecule is O=C(O)N(c1cscn1)S(=O)(=O)c1cnc(Cl)c(Cl)c1. The molecule has 0 atom stereocenters. The Kier molecular flexibility index (Phi) is 4.14. The van der Waals surface area contributed by atoms with Crippen molar-refractivity contribution in [1.29, 1.82) is 0 Å². The van der Waals surface area contributed by atoms with E-state index >= 15 is 0 Å². The average molecular weight is 354 g/mol. The molecule has 0 bridgehead atoms. The number of rotatable bonds is 3. The second kappa shape index (κ2) is 5.52. The van der Waals surface area contributed by atoms with E-state index in [1.807, 2.05) is 0 Å². The van der Waals surface area contributed by atoms with Gasteiger partial charge in [0.25, 0.3) is 10.0 Å². The highest BCUT2D eigenvalue weighted by atomic mass is 35.5. The van der Waals surface area contributed by atoms with Crippen molar-refractivity contribution >= 4 is 56.5 Å². The van der Waals surface area contributed by atoms with Crippen LogP contribution in [0, 0.1) is 0 Å². The number of aromatic nitrogens is 2. The van der Waals surface area contributed by atoms with Crippen LogP contribution in [0.25, 0.3) is 0 Å². The van der Waals surface area contributed by atoms with Crippen LogP contribution in [0.3, 0.4) is 0 Å². The summed E-state index contributed by atoms with van der Waals surface area (Å²) in [4.78, 5) is 18.1. The van der Waals surface area contributed by atoms with Gasteiger partial charge in [0.05, 0.1) is 10.5 Å². The first-order chi connectivity index (χ1) is 9.34. The van der Waals surface area contributed by atoms with Gasteiger partial charge in [-0.1, -0.05) is 23.2 Å². The molecule has 0 aliphatic rings. The van der Waals surface area contributed by atoms with Crippen molar-refractivity contribution in [3.63, 3.8) is 0 Å². The number of halogens is 2. The fourth-order valence-corrected chi connectivity index (χ4v) is 3.41. The van der Waals surface area contributed by atoms with Crippen LogP contribution in [0.15, 0.2) is 28.0 Å². The second-order valence-electron chi connectivity index (χ2n) is 3.34. The number of anilines is 1. The van der Waals surface area contributed by atoms with Crippen LogP contribution >= 0.6 is 34.5 Å². The van der Waals surface area contributed by atoms with Crippen molar-refractivity contribution in [2.24, 2.45) is 0 Å². The van der Waals surface area contributed by atoms with Gasteiger partial charge in [-0.3, -0.25) is 0 Å². The van der Waals surface area contributed by atoms with Gasteiger partial charge in [0, 0.05) is 11.6 Å². The lowest BCUT2D eigenvalue weighted by molar-refractivity contribution is 0.206. The Labute approximate surface area is 127 Å². The van der Waals surface area contributed by atoms with Crippen LogP contribution in [0.2, 0.25) is 10.2 Å². The molecule has 0 aromatic carbocycles. The summed E-state index contributed by atoms with van der Waals surface area (Å²) in [5, 5.41) is 10.2. The molecule has 0 saturated heterocycles. The first kappa shape index (κ1) is 15.0. The van der Waals surface area contributed by atoms with E-state index in [9.17, 15) is 13.2 Å². The Bertz CT molecular complexity index is 749. The van der Waals surface area contributed by atoms with E-state index in [4.69, 9.17) is 28.3 Å². The number of sulfonamides is 1. The van der Waals surface area contributed by atoms with Gasteiger partial charge in [-0.25, -0.2) is 23.2 Å². The predicted molar refractivity (Wildman–Crippen MR) is 74.1 cm³/mol. The van der Waals surface area contributed by atoms with E-state index in [2.05, 4.69) is 9.97 Å². The zero-order valence-corrected chi connectivity index (χ0v) is 12.5. The fourth-order valence-electron chi connectivity index (χ4n) is 1.28. The largest absolute Gasteiger partial charge is 0.464 e. The van der Waals surface area contributed by atoms with Crippen molar-refractivity contribution < 1.29 is 18.3 Å². The van der Waals surface area contributed by atoms with Gasteiger partial charge in [-0.05, 0) is 6.07 Å². The molecule has 2 aromatic heterocycles. The minimum atomic E-state index is -4.39. The number of carboxylic acid groups (broad SMARTS) is 1. The lowest BCUT2D eigenvalue weighted by atomic mass is 10.5. The normalized spacial score (nSPS) is 11.3. The molecule has 0 aliphatic carbocycles. The quantitative estimate of drug-likeness (QED) is 0.851. The Hall–Kier alpha value is -1.42. The number of amides is 1. The van der Waals surface area contributed by atoms with Crippen LogP contribution < -0.4 is 4.31 Å². The molecule has 0 saturated carbocycles. The highest BCUT2D eigenvalue weighted by molar-refractivity contribution is 7.93. The van der Waals surface area contributed by atoms with E-state index in [1.54, 1.807) is 0 Å². The van der Waals surface area contributed by atoms with Gasteiger partial charge in [-0.2, -0.15) is 0 Å². The summed E-state index contributed by atoms with van der Waals surface area (Å²) in [6.45, 7) is 0. The molecule has 1 amide bonds. The summed E-state index contributed by atoms with van der Waals surface area (Å²) in [5.74, 6) is -0.228. The van der Waals surface area contributed by atoms with Crippen molar-refractivity contribution in [3.05, 3.63) is 33.3 Å². The molecule has 0 radical (unpaired) electrons. The van der Waals surface area contributed by atoms with Gasteiger partial charge in [-0.15, -0.1) is 15.6 Å². The van der Waals surface area contributed by atoms with Crippen LogP contribution in [-0.2, 0) is 10.0 Å². The third-order valence-corrected chi connectivity index (χ3v) is 5.01. The second-order valence-corrected chi connectivity index (χ2v) is 6.61. The average Bonchev–Trinajstić information content (AvgIpc) is 2.85. The lowest BCUT2D eigenvalue weighted by Crippen LogP contribution is -2.36. The third-order valence-electron chi connectivity index (χ3n) is 2.11. The summed E-state index contributed by atoms with van der Waals surface area (Å²) < 4.78 is 24.8. The van der Waals surface area contributed by atoms with Gasteiger partial charge >= 0.3 is 6.09 Å². The number of hydrogen-bond donors (Lipinski definition) is 1. The van der Waals surface area contributed by atoms with Crippen LogP contribution in [-0.4, -0.2) is 29.6 Å². The molecule has 0 aliphatic heterocycles. The number of thiazole rings is 1. The number of carbonyl (C=O) groups is 1. The monoisotopic (exact) mass is 353 g/mol. The minimum Gasteiger partial charge on any atom is -0.464 e. The Morgan fingerprint density at radius 2 is 2.05 bits per heavy atom. The maximum atomic E-state index is 12.3. The van der Waals surface area contributed by atoms with E-state index in [0.717, 1.165) is 23.6 Å². The number of pyridine rings is 1. The Morgan fingerprint density at radius 1 is 1.35 bits per heavy atom.